The monoisotopic (exact) mass is 404 g/mol. The van der Waals surface area contributed by atoms with Gasteiger partial charge in [0.2, 0.25) is 0 Å². The third kappa shape index (κ3) is 4.41. The van der Waals surface area contributed by atoms with Gasteiger partial charge in [0, 0.05) is 31.0 Å². The largest absolute Gasteiger partial charge is 0.485 e. The number of nitrogens with zero attached hydrogens (tertiary/aromatic N) is 5. The van der Waals surface area contributed by atoms with Crippen molar-refractivity contribution >= 4 is 23.1 Å². The van der Waals surface area contributed by atoms with E-state index in [4.69, 9.17) is 4.74 Å². The summed E-state index contributed by atoms with van der Waals surface area (Å²) in [5, 5.41) is 3.40. The minimum Gasteiger partial charge on any atom is -0.485 e. The van der Waals surface area contributed by atoms with Crippen molar-refractivity contribution in [2.45, 2.75) is 13.5 Å². The third-order valence-electron chi connectivity index (χ3n) is 3.91. The minimum atomic E-state index is -0.311. The summed E-state index contributed by atoms with van der Waals surface area (Å²) >= 11 is 1.23. The number of anilines is 1. The highest BCUT2D eigenvalue weighted by molar-refractivity contribution is 7.17. The van der Waals surface area contributed by atoms with Crippen LogP contribution < -0.4 is 10.1 Å². The van der Waals surface area contributed by atoms with E-state index < -0.39 is 0 Å². The molecule has 0 aliphatic heterocycles. The molecule has 0 unspecified atom stereocenters. The fourth-order valence-corrected chi connectivity index (χ4v) is 3.43. The van der Waals surface area contributed by atoms with Gasteiger partial charge in [-0.2, -0.15) is 0 Å². The SMILES string of the molecule is Cc1nc(-c2ncccn2)sc1C(=O)Nc1ncccc1OCc1ccncc1. The lowest BCUT2D eigenvalue weighted by molar-refractivity contribution is 0.102. The number of carbonyl (C=O) groups is 1. The Labute approximate surface area is 170 Å². The van der Waals surface area contributed by atoms with Gasteiger partial charge in [0.15, 0.2) is 22.4 Å². The van der Waals surface area contributed by atoms with Crippen LogP contribution in [0.15, 0.2) is 61.3 Å². The quantitative estimate of drug-likeness (QED) is 0.524. The molecule has 0 aliphatic rings. The lowest BCUT2D eigenvalue weighted by Gasteiger charge is -2.11. The Morgan fingerprint density at radius 2 is 1.79 bits per heavy atom. The Bertz CT molecular complexity index is 1120. The molecule has 0 spiro atoms. The van der Waals surface area contributed by atoms with Crippen LogP contribution in [0.1, 0.15) is 20.9 Å². The summed E-state index contributed by atoms with van der Waals surface area (Å²) in [6, 6.07) is 8.96. The first-order chi connectivity index (χ1) is 14.2. The van der Waals surface area contributed by atoms with Crippen LogP contribution in [0.3, 0.4) is 0 Å². The number of ether oxygens (including phenoxy) is 1. The summed E-state index contributed by atoms with van der Waals surface area (Å²) in [6.07, 6.45) is 8.27. The molecular formula is C20H16N6O2S. The summed E-state index contributed by atoms with van der Waals surface area (Å²) in [6.45, 7) is 2.11. The summed E-state index contributed by atoms with van der Waals surface area (Å²) in [5.74, 6) is 0.997. The van der Waals surface area contributed by atoms with Crippen LogP contribution in [-0.4, -0.2) is 30.8 Å². The summed E-state index contributed by atoms with van der Waals surface area (Å²) in [4.78, 5) is 34.3. The lowest BCUT2D eigenvalue weighted by atomic mass is 10.3. The van der Waals surface area contributed by atoms with Crippen LogP contribution in [-0.2, 0) is 6.61 Å². The van der Waals surface area contributed by atoms with Gasteiger partial charge in [0.1, 0.15) is 11.5 Å². The van der Waals surface area contributed by atoms with E-state index in [0.29, 0.717) is 39.6 Å². The summed E-state index contributed by atoms with van der Waals surface area (Å²) in [7, 11) is 0. The van der Waals surface area contributed by atoms with Crippen molar-refractivity contribution in [1.82, 2.24) is 24.9 Å². The Balaban J connectivity index is 1.51. The number of pyridine rings is 2. The topological polar surface area (TPSA) is 103 Å². The Kier molecular flexibility index (Phi) is 5.48. The molecule has 0 atom stereocenters. The highest BCUT2D eigenvalue weighted by Gasteiger charge is 2.19. The number of nitrogens with one attached hydrogen (secondary N) is 1. The maximum absolute atomic E-state index is 12.8. The Hall–Kier alpha value is -3.72. The van der Waals surface area contributed by atoms with Crippen LogP contribution in [0.2, 0.25) is 0 Å². The first kappa shape index (κ1) is 18.6. The van der Waals surface area contributed by atoms with Gasteiger partial charge in [0.25, 0.3) is 5.91 Å². The second-order valence-corrected chi connectivity index (χ2v) is 6.95. The average molecular weight is 404 g/mol. The molecule has 0 saturated heterocycles. The zero-order valence-electron chi connectivity index (χ0n) is 15.4. The van der Waals surface area contributed by atoms with Gasteiger partial charge in [-0.1, -0.05) is 0 Å². The highest BCUT2D eigenvalue weighted by atomic mass is 32.1. The molecular weight excluding hydrogens is 388 g/mol. The molecule has 0 saturated carbocycles. The first-order valence-corrected chi connectivity index (χ1v) is 9.55. The normalized spacial score (nSPS) is 10.5. The van der Waals surface area contributed by atoms with E-state index in [9.17, 15) is 4.79 Å². The second kappa shape index (κ2) is 8.53. The van der Waals surface area contributed by atoms with Crippen LogP contribution in [0.25, 0.3) is 10.8 Å². The van der Waals surface area contributed by atoms with Crippen molar-refractivity contribution in [2.75, 3.05) is 5.32 Å². The van der Waals surface area contributed by atoms with E-state index in [-0.39, 0.29) is 5.91 Å². The van der Waals surface area contributed by atoms with Gasteiger partial charge in [-0.25, -0.2) is 19.9 Å². The Morgan fingerprint density at radius 1 is 1.03 bits per heavy atom. The van der Waals surface area contributed by atoms with Crippen molar-refractivity contribution in [3.63, 3.8) is 0 Å². The molecule has 29 heavy (non-hydrogen) atoms. The zero-order chi connectivity index (χ0) is 20.1. The molecule has 1 amide bonds. The van der Waals surface area contributed by atoms with Gasteiger partial charge in [-0.05, 0) is 42.8 Å². The predicted molar refractivity (Wildman–Crippen MR) is 109 cm³/mol. The molecule has 0 bridgehead atoms. The van der Waals surface area contributed by atoms with E-state index >= 15 is 0 Å². The van der Waals surface area contributed by atoms with Crippen molar-refractivity contribution in [3.8, 4) is 16.6 Å². The lowest BCUT2D eigenvalue weighted by Crippen LogP contribution is -2.13. The molecule has 4 aromatic rings. The number of thiazole rings is 1. The molecule has 9 heteroatoms. The maximum Gasteiger partial charge on any atom is 0.268 e. The number of aromatic nitrogens is 5. The molecule has 0 radical (unpaired) electrons. The van der Waals surface area contributed by atoms with Gasteiger partial charge in [-0.3, -0.25) is 9.78 Å². The molecule has 0 aromatic carbocycles. The fourth-order valence-electron chi connectivity index (χ4n) is 2.52. The number of hydrogen-bond acceptors (Lipinski definition) is 8. The fraction of sp³-hybridized carbons (Fsp3) is 0.100. The van der Waals surface area contributed by atoms with Crippen LogP contribution >= 0.6 is 11.3 Å². The van der Waals surface area contributed by atoms with Crippen molar-refractivity contribution in [2.24, 2.45) is 0 Å². The number of hydrogen-bond donors (Lipinski definition) is 1. The van der Waals surface area contributed by atoms with Gasteiger partial charge in [0.05, 0.1) is 5.69 Å². The van der Waals surface area contributed by atoms with Crippen molar-refractivity contribution in [3.05, 3.63) is 77.5 Å². The highest BCUT2D eigenvalue weighted by Crippen LogP contribution is 2.28. The van der Waals surface area contributed by atoms with Crippen molar-refractivity contribution in [1.29, 1.82) is 0 Å². The predicted octanol–water partition coefficient (Wildman–Crippen LogP) is 3.53. The average Bonchev–Trinajstić information content (AvgIpc) is 3.16. The number of aryl methyl sites for hydroxylation is 1. The van der Waals surface area contributed by atoms with E-state index in [1.807, 2.05) is 12.1 Å². The zero-order valence-corrected chi connectivity index (χ0v) is 16.3. The standard InChI is InChI=1S/C20H16N6O2S/c1-13-16(29-20(25-13)18-23-8-3-9-24-18)19(27)26-17-15(4-2-7-22-17)28-12-14-5-10-21-11-6-14/h2-11H,12H2,1H3,(H,22,26,27). The molecule has 0 aliphatic carbocycles. The van der Waals surface area contributed by atoms with Crippen molar-refractivity contribution < 1.29 is 9.53 Å². The smallest absolute Gasteiger partial charge is 0.268 e. The maximum atomic E-state index is 12.8. The molecule has 4 heterocycles. The van der Waals surface area contributed by atoms with Crippen LogP contribution in [0, 0.1) is 6.92 Å². The molecule has 0 fully saturated rings. The van der Waals surface area contributed by atoms with Crippen LogP contribution in [0.5, 0.6) is 5.75 Å². The molecule has 144 valence electrons. The van der Waals surface area contributed by atoms with E-state index in [2.05, 4.69) is 30.2 Å². The minimum absolute atomic E-state index is 0.311. The van der Waals surface area contributed by atoms with E-state index in [0.717, 1.165) is 5.56 Å². The summed E-state index contributed by atoms with van der Waals surface area (Å²) in [5.41, 5.74) is 1.57. The molecule has 8 nitrogen and oxygen atoms in total. The summed E-state index contributed by atoms with van der Waals surface area (Å²) < 4.78 is 5.83. The Morgan fingerprint density at radius 3 is 2.59 bits per heavy atom. The first-order valence-electron chi connectivity index (χ1n) is 8.73. The van der Waals surface area contributed by atoms with Gasteiger partial charge >= 0.3 is 0 Å². The van der Waals surface area contributed by atoms with E-state index in [1.54, 1.807) is 56.1 Å². The van der Waals surface area contributed by atoms with Crippen LogP contribution in [0.4, 0.5) is 5.82 Å². The van der Waals surface area contributed by atoms with Gasteiger partial charge in [-0.15, -0.1) is 11.3 Å². The third-order valence-corrected chi connectivity index (χ3v) is 5.06. The molecule has 4 rings (SSSR count). The second-order valence-electron chi connectivity index (χ2n) is 5.95. The molecule has 4 aromatic heterocycles. The number of amides is 1. The van der Waals surface area contributed by atoms with E-state index in [1.165, 1.54) is 11.3 Å². The number of carbonyl (C=O) groups excluding carboxylic acids is 1. The van der Waals surface area contributed by atoms with Gasteiger partial charge < -0.3 is 10.1 Å². The number of rotatable bonds is 6. The molecule has 1 N–H and O–H groups in total.